The van der Waals surface area contributed by atoms with Crippen LogP contribution in [0.1, 0.15) is 20.3 Å². The SMILES string of the molecule is CC(C)(CO)CN1CCC1. The quantitative estimate of drug-likeness (QED) is 0.629. The standard InChI is InChI=1S/C8H17NO/c1-8(2,7-10)6-9-4-3-5-9/h10H,3-7H2,1-2H3. The average molecular weight is 143 g/mol. The predicted octanol–water partition coefficient (Wildman–Crippen LogP) is 0.711. The first-order valence-corrected chi connectivity index (χ1v) is 3.97. The molecule has 0 aromatic carbocycles. The zero-order valence-electron chi connectivity index (χ0n) is 6.93. The highest BCUT2D eigenvalue weighted by Crippen LogP contribution is 2.18. The van der Waals surface area contributed by atoms with Gasteiger partial charge in [-0.05, 0) is 19.5 Å². The fourth-order valence-electron chi connectivity index (χ4n) is 1.20. The highest BCUT2D eigenvalue weighted by Gasteiger charge is 2.23. The van der Waals surface area contributed by atoms with Crippen molar-refractivity contribution in [2.75, 3.05) is 26.2 Å². The molecule has 0 bridgehead atoms. The average Bonchev–Trinajstić information content (AvgIpc) is 1.80. The monoisotopic (exact) mass is 143 g/mol. The first-order valence-electron chi connectivity index (χ1n) is 3.97. The molecule has 0 aliphatic carbocycles. The Hall–Kier alpha value is -0.0800. The van der Waals surface area contributed by atoms with Crippen molar-refractivity contribution in [3.63, 3.8) is 0 Å². The number of rotatable bonds is 3. The summed E-state index contributed by atoms with van der Waals surface area (Å²) in [6, 6.07) is 0. The maximum Gasteiger partial charge on any atom is 0.0494 e. The first-order chi connectivity index (χ1) is 4.64. The van der Waals surface area contributed by atoms with Gasteiger partial charge < -0.3 is 10.0 Å². The van der Waals surface area contributed by atoms with Crippen LogP contribution in [0.3, 0.4) is 0 Å². The molecule has 0 atom stereocenters. The summed E-state index contributed by atoms with van der Waals surface area (Å²) in [6.45, 7) is 8.00. The molecule has 1 rings (SSSR count). The van der Waals surface area contributed by atoms with Gasteiger partial charge in [-0.3, -0.25) is 0 Å². The van der Waals surface area contributed by atoms with Crippen LogP contribution in [0.5, 0.6) is 0 Å². The van der Waals surface area contributed by atoms with Gasteiger partial charge in [-0.25, -0.2) is 0 Å². The second-order valence-corrected chi connectivity index (χ2v) is 3.95. The Kier molecular flexibility index (Phi) is 2.32. The normalized spacial score (nSPS) is 20.7. The second-order valence-electron chi connectivity index (χ2n) is 3.95. The zero-order valence-corrected chi connectivity index (χ0v) is 6.93. The van der Waals surface area contributed by atoms with Crippen molar-refractivity contribution in [2.45, 2.75) is 20.3 Å². The number of aliphatic hydroxyl groups excluding tert-OH is 1. The van der Waals surface area contributed by atoms with Crippen LogP contribution >= 0.6 is 0 Å². The fraction of sp³-hybridized carbons (Fsp3) is 1.00. The lowest BCUT2D eigenvalue weighted by Crippen LogP contribution is -2.44. The lowest BCUT2D eigenvalue weighted by molar-refractivity contribution is 0.0709. The molecule has 2 heteroatoms. The Morgan fingerprint density at radius 2 is 2.00 bits per heavy atom. The van der Waals surface area contributed by atoms with Crippen molar-refractivity contribution in [3.05, 3.63) is 0 Å². The molecular formula is C8H17NO. The van der Waals surface area contributed by atoms with Gasteiger partial charge in [0.1, 0.15) is 0 Å². The minimum absolute atomic E-state index is 0.0976. The maximum atomic E-state index is 8.94. The summed E-state index contributed by atoms with van der Waals surface area (Å²) in [5, 5.41) is 8.94. The van der Waals surface area contributed by atoms with Crippen LogP contribution in [0.2, 0.25) is 0 Å². The van der Waals surface area contributed by atoms with E-state index in [0.717, 1.165) is 6.54 Å². The third-order valence-corrected chi connectivity index (χ3v) is 2.03. The van der Waals surface area contributed by atoms with Crippen LogP contribution in [0, 0.1) is 5.41 Å². The smallest absolute Gasteiger partial charge is 0.0494 e. The summed E-state index contributed by atoms with van der Waals surface area (Å²) in [5.74, 6) is 0. The van der Waals surface area contributed by atoms with Crippen molar-refractivity contribution in [1.82, 2.24) is 4.90 Å². The summed E-state index contributed by atoms with van der Waals surface area (Å²) in [7, 11) is 0. The molecule has 2 nitrogen and oxygen atoms in total. The molecule has 0 amide bonds. The number of hydrogen-bond donors (Lipinski definition) is 1. The predicted molar refractivity (Wildman–Crippen MR) is 41.9 cm³/mol. The minimum Gasteiger partial charge on any atom is -0.396 e. The van der Waals surface area contributed by atoms with E-state index in [1.165, 1.54) is 19.5 Å². The Morgan fingerprint density at radius 1 is 1.40 bits per heavy atom. The van der Waals surface area contributed by atoms with Crippen molar-refractivity contribution in [1.29, 1.82) is 0 Å². The molecule has 1 fully saturated rings. The molecule has 0 spiro atoms. The molecule has 1 aliphatic rings. The first kappa shape index (κ1) is 8.02. The van der Waals surface area contributed by atoms with E-state index in [2.05, 4.69) is 18.7 Å². The van der Waals surface area contributed by atoms with Crippen LogP contribution in [0.4, 0.5) is 0 Å². The summed E-state index contributed by atoms with van der Waals surface area (Å²) < 4.78 is 0. The number of likely N-dealkylation sites (tertiary alicyclic amines) is 1. The van der Waals surface area contributed by atoms with Gasteiger partial charge in [-0.2, -0.15) is 0 Å². The van der Waals surface area contributed by atoms with Crippen LogP contribution in [0.15, 0.2) is 0 Å². The molecule has 60 valence electrons. The molecule has 0 saturated carbocycles. The molecule has 10 heavy (non-hydrogen) atoms. The van der Waals surface area contributed by atoms with Crippen molar-refractivity contribution in [3.8, 4) is 0 Å². The Morgan fingerprint density at radius 3 is 2.30 bits per heavy atom. The maximum absolute atomic E-state index is 8.94. The molecule has 1 N–H and O–H groups in total. The minimum atomic E-state index is 0.0976. The van der Waals surface area contributed by atoms with Gasteiger partial charge in [0, 0.05) is 18.6 Å². The molecule has 0 radical (unpaired) electrons. The van der Waals surface area contributed by atoms with Crippen molar-refractivity contribution in [2.24, 2.45) is 5.41 Å². The molecule has 1 heterocycles. The van der Waals surface area contributed by atoms with Gasteiger partial charge in [0.2, 0.25) is 0 Å². The highest BCUT2D eigenvalue weighted by atomic mass is 16.3. The van der Waals surface area contributed by atoms with Crippen molar-refractivity contribution >= 4 is 0 Å². The summed E-state index contributed by atoms with van der Waals surface area (Å²) in [5.41, 5.74) is 0.0976. The van der Waals surface area contributed by atoms with Gasteiger partial charge >= 0.3 is 0 Å². The van der Waals surface area contributed by atoms with E-state index in [0.29, 0.717) is 6.61 Å². The van der Waals surface area contributed by atoms with Crippen LogP contribution in [-0.4, -0.2) is 36.2 Å². The van der Waals surface area contributed by atoms with Gasteiger partial charge in [-0.15, -0.1) is 0 Å². The topological polar surface area (TPSA) is 23.5 Å². The van der Waals surface area contributed by atoms with Gasteiger partial charge in [0.05, 0.1) is 0 Å². The van der Waals surface area contributed by atoms with Crippen LogP contribution in [0.25, 0.3) is 0 Å². The van der Waals surface area contributed by atoms with E-state index in [9.17, 15) is 0 Å². The second kappa shape index (κ2) is 2.89. The van der Waals surface area contributed by atoms with Gasteiger partial charge in [-0.1, -0.05) is 13.8 Å². The Labute approximate surface area is 62.8 Å². The van der Waals surface area contributed by atoms with E-state index >= 15 is 0 Å². The molecular weight excluding hydrogens is 126 g/mol. The van der Waals surface area contributed by atoms with Crippen LogP contribution < -0.4 is 0 Å². The molecule has 0 unspecified atom stereocenters. The lowest BCUT2D eigenvalue weighted by Gasteiger charge is -2.37. The molecule has 0 aromatic heterocycles. The fourth-order valence-corrected chi connectivity index (χ4v) is 1.20. The summed E-state index contributed by atoms with van der Waals surface area (Å²) in [6.07, 6.45) is 1.33. The highest BCUT2D eigenvalue weighted by molar-refractivity contribution is 4.77. The third-order valence-electron chi connectivity index (χ3n) is 2.03. The van der Waals surface area contributed by atoms with E-state index in [1.54, 1.807) is 0 Å². The molecule has 1 aliphatic heterocycles. The van der Waals surface area contributed by atoms with E-state index in [-0.39, 0.29) is 5.41 Å². The Balaban J connectivity index is 2.21. The number of aliphatic hydroxyl groups is 1. The van der Waals surface area contributed by atoms with E-state index in [4.69, 9.17) is 5.11 Å². The number of hydrogen-bond acceptors (Lipinski definition) is 2. The lowest BCUT2D eigenvalue weighted by atomic mass is 9.93. The summed E-state index contributed by atoms with van der Waals surface area (Å²) >= 11 is 0. The van der Waals surface area contributed by atoms with Gasteiger partial charge in [0.25, 0.3) is 0 Å². The van der Waals surface area contributed by atoms with Gasteiger partial charge in [0.15, 0.2) is 0 Å². The van der Waals surface area contributed by atoms with E-state index < -0.39 is 0 Å². The zero-order chi connectivity index (χ0) is 7.61. The van der Waals surface area contributed by atoms with E-state index in [1.807, 2.05) is 0 Å². The molecule has 1 saturated heterocycles. The largest absolute Gasteiger partial charge is 0.396 e. The summed E-state index contributed by atoms with van der Waals surface area (Å²) in [4.78, 5) is 2.39. The Bertz CT molecular complexity index is 108. The molecule has 0 aromatic rings. The van der Waals surface area contributed by atoms with Crippen molar-refractivity contribution < 1.29 is 5.11 Å². The third kappa shape index (κ3) is 1.96. The number of nitrogens with zero attached hydrogens (tertiary/aromatic N) is 1. The van der Waals surface area contributed by atoms with Crippen LogP contribution in [-0.2, 0) is 0 Å².